The van der Waals surface area contributed by atoms with Gasteiger partial charge in [0.15, 0.2) is 5.78 Å². The predicted octanol–water partition coefficient (Wildman–Crippen LogP) is 2.06. The average molecular weight is 228 g/mol. The summed E-state index contributed by atoms with van der Waals surface area (Å²) in [5, 5.41) is 12.8. The minimum absolute atomic E-state index is 0.00359. The van der Waals surface area contributed by atoms with Gasteiger partial charge in [-0.15, -0.1) is 0 Å². The van der Waals surface area contributed by atoms with Gasteiger partial charge in [0.2, 0.25) is 0 Å². The first-order valence-electron chi connectivity index (χ1n) is 4.65. The molecular weight excluding hydrogens is 214 g/mol. The van der Waals surface area contributed by atoms with Crippen LogP contribution in [0.2, 0.25) is 5.02 Å². The minimum Gasteiger partial charge on any atom is -0.506 e. The number of phenols is 1. The summed E-state index contributed by atoms with van der Waals surface area (Å²) >= 11 is 5.86. The fourth-order valence-corrected chi connectivity index (χ4v) is 1.61. The molecule has 0 unspecified atom stereocenters. The topological polar surface area (TPSA) is 49.3 Å². The lowest BCUT2D eigenvalue weighted by atomic mass is 10.0. The van der Waals surface area contributed by atoms with Crippen molar-refractivity contribution in [3.63, 3.8) is 0 Å². The fourth-order valence-electron chi connectivity index (χ4n) is 1.41. The Morgan fingerprint density at radius 1 is 1.53 bits per heavy atom. The molecule has 0 radical (unpaired) electrons. The van der Waals surface area contributed by atoms with E-state index in [1.54, 1.807) is 27.0 Å². The molecule has 1 aromatic carbocycles. The Morgan fingerprint density at radius 3 is 2.67 bits per heavy atom. The smallest absolute Gasteiger partial charge is 0.176 e. The summed E-state index contributed by atoms with van der Waals surface area (Å²) in [6.45, 7) is 3.70. The number of Topliss-reactive ketones (excluding diaryl/α,β-unsaturated/α-hetero) is 1. The Morgan fingerprint density at radius 2 is 2.13 bits per heavy atom. The Balaban J connectivity index is 3.26. The number of benzene rings is 1. The molecule has 3 nitrogen and oxygen atoms in total. The first-order chi connectivity index (χ1) is 6.99. The lowest BCUT2D eigenvalue weighted by Gasteiger charge is -2.10. The van der Waals surface area contributed by atoms with Gasteiger partial charge in [-0.05, 0) is 32.5 Å². The fraction of sp³-hybridized carbons (Fsp3) is 0.364. The zero-order chi connectivity index (χ0) is 11.6. The summed E-state index contributed by atoms with van der Waals surface area (Å²) < 4.78 is 0. The molecular formula is C11H14ClNO2. The number of hydrogen-bond donors (Lipinski definition) is 2. The molecule has 0 fully saturated rings. The quantitative estimate of drug-likeness (QED) is 0.778. The Labute approximate surface area is 94.1 Å². The Kier molecular flexibility index (Phi) is 3.72. The van der Waals surface area contributed by atoms with Crippen LogP contribution in [-0.4, -0.2) is 24.5 Å². The van der Waals surface area contributed by atoms with Crippen LogP contribution in [0.15, 0.2) is 6.07 Å². The predicted molar refractivity (Wildman–Crippen MR) is 60.8 cm³/mol. The van der Waals surface area contributed by atoms with E-state index in [-0.39, 0.29) is 18.1 Å². The van der Waals surface area contributed by atoms with Gasteiger partial charge in [-0.1, -0.05) is 11.6 Å². The van der Waals surface area contributed by atoms with Gasteiger partial charge in [0.25, 0.3) is 0 Å². The summed E-state index contributed by atoms with van der Waals surface area (Å²) in [6.07, 6.45) is 0. The second-order valence-electron chi connectivity index (χ2n) is 3.48. The van der Waals surface area contributed by atoms with E-state index in [0.29, 0.717) is 21.7 Å². The molecule has 0 aliphatic heterocycles. The zero-order valence-corrected chi connectivity index (χ0v) is 9.77. The van der Waals surface area contributed by atoms with E-state index in [0.717, 1.165) is 0 Å². The molecule has 0 aliphatic rings. The van der Waals surface area contributed by atoms with Crippen molar-refractivity contribution < 1.29 is 9.90 Å². The van der Waals surface area contributed by atoms with Gasteiger partial charge < -0.3 is 10.4 Å². The Hall–Kier alpha value is -1.06. The molecule has 82 valence electrons. The summed E-state index contributed by atoms with van der Waals surface area (Å²) in [6, 6.07) is 1.71. The molecule has 0 aliphatic carbocycles. The number of carbonyl (C=O) groups excluding carboxylic acids is 1. The molecule has 0 saturated carbocycles. The van der Waals surface area contributed by atoms with E-state index in [1.165, 1.54) is 0 Å². The third kappa shape index (κ3) is 2.30. The van der Waals surface area contributed by atoms with Crippen molar-refractivity contribution in [2.75, 3.05) is 13.6 Å². The number of carbonyl (C=O) groups is 1. The molecule has 0 amide bonds. The number of phenolic OH excluding ortho intramolecular Hbond substituents is 1. The molecule has 0 heterocycles. The van der Waals surface area contributed by atoms with Gasteiger partial charge in [-0.2, -0.15) is 0 Å². The molecule has 2 N–H and O–H groups in total. The highest BCUT2D eigenvalue weighted by molar-refractivity contribution is 6.33. The van der Waals surface area contributed by atoms with Gasteiger partial charge in [0, 0.05) is 11.1 Å². The molecule has 4 heteroatoms. The van der Waals surface area contributed by atoms with Crippen molar-refractivity contribution in [1.29, 1.82) is 0 Å². The van der Waals surface area contributed by atoms with E-state index < -0.39 is 0 Å². The minimum atomic E-state index is -0.0509. The van der Waals surface area contributed by atoms with Crippen molar-refractivity contribution in [3.05, 3.63) is 27.8 Å². The van der Waals surface area contributed by atoms with Gasteiger partial charge >= 0.3 is 0 Å². The van der Waals surface area contributed by atoms with Crippen LogP contribution in [0.25, 0.3) is 0 Å². The third-order valence-corrected chi connectivity index (χ3v) is 2.79. The lowest BCUT2D eigenvalue weighted by Crippen LogP contribution is -2.19. The molecule has 0 bridgehead atoms. The highest BCUT2D eigenvalue weighted by Gasteiger charge is 2.15. The van der Waals surface area contributed by atoms with Gasteiger partial charge in [0.1, 0.15) is 5.75 Å². The highest BCUT2D eigenvalue weighted by Crippen LogP contribution is 2.32. The molecule has 1 aromatic rings. The SMILES string of the molecule is CNCC(=O)c1cc(C)c(Cl)c(O)c1C. The molecule has 15 heavy (non-hydrogen) atoms. The monoisotopic (exact) mass is 227 g/mol. The number of hydrogen-bond acceptors (Lipinski definition) is 3. The summed E-state index contributed by atoms with van der Waals surface area (Å²) in [5.41, 5.74) is 1.76. The maximum absolute atomic E-state index is 11.7. The first-order valence-corrected chi connectivity index (χ1v) is 5.03. The number of halogens is 1. The van der Waals surface area contributed by atoms with Crippen molar-refractivity contribution in [2.24, 2.45) is 0 Å². The van der Waals surface area contributed by atoms with Crippen LogP contribution in [0.3, 0.4) is 0 Å². The molecule has 1 rings (SSSR count). The van der Waals surface area contributed by atoms with Crippen LogP contribution in [0, 0.1) is 13.8 Å². The van der Waals surface area contributed by atoms with Crippen molar-refractivity contribution in [1.82, 2.24) is 5.32 Å². The largest absolute Gasteiger partial charge is 0.506 e. The first kappa shape index (κ1) is 12.0. The van der Waals surface area contributed by atoms with Gasteiger partial charge in [-0.25, -0.2) is 0 Å². The van der Waals surface area contributed by atoms with Crippen LogP contribution in [0.5, 0.6) is 5.75 Å². The Bertz CT molecular complexity index is 402. The number of aromatic hydroxyl groups is 1. The number of nitrogens with one attached hydrogen (secondary N) is 1. The van der Waals surface area contributed by atoms with Crippen molar-refractivity contribution in [2.45, 2.75) is 13.8 Å². The normalized spacial score (nSPS) is 10.4. The van der Waals surface area contributed by atoms with Gasteiger partial charge in [-0.3, -0.25) is 4.79 Å². The third-order valence-electron chi connectivity index (χ3n) is 2.31. The van der Waals surface area contributed by atoms with E-state index in [9.17, 15) is 9.90 Å². The van der Waals surface area contributed by atoms with Crippen LogP contribution in [-0.2, 0) is 0 Å². The zero-order valence-electron chi connectivity index (χ0n) is 9.02. The van der Waals surface area contributed by atoms with Gasteiger partial charge in [0.05, 0.1) is 11.6 Å². The van der Waals surface area contributed by atoms with Crippen LogP contribution in [0.1, 0.15) is 21.5 Å². The molecule has 0 atom stereocenters. The molecule has 0 spiro atoms. The standard InChI is InChI=1S/C11H14ClNO2/c1-6-4-8(9(14)5-13-3)7(2)11(15)10(6)12/h4,13,15H,5H2,1-3H3. The number of rotatable bonds is 3. The van der Waals surface area contributed by atoms with E-state index in [1.807, 2.05) is 0 Å². The van der Waals surface area contributed by atoms with Crippen LogP contribution < -0.4 is 5.32 Å². The van der Waals surface area contributed by atoms with Crippen LogP contribution in [0.4, 0.5) is 0 Å². The maximum Gasteiger partial charge on any atom is 0.176 e. The molecule has 0 saturated heterocycles. The van der Waals surface area contributed by atoms with E-state index in [2.05, 4.69) is 5.32 Å². The van der Waals surface area contributed by atoms with Crippen molar-refractivity contribution in [3.8, 4) is 5.75 Å². The van der Waals surface area contributed by atoms with Crippen molar-refractivity contribution >= 4 is 17.4 Å². The number of likely N-dealkylation sites (N-methyl/N-ethyl adjacent to an activating group) is 1. The van der Waals surface area contributed by atoms with E-state index in [4.69, 9.17) is 11.6 Å². The second kappa shape index (κ2) is 4.64. The lowest BCUT2D eigenvalue weighted by molar-refractivity contribution is 0.0992. The highest BCUT2D eigenvalue weighted by atomic mass is 35.5. The number of ketones is 1. The van der Waals surface area contributed by atoms with E-state index >= 15 is 0 Å². The second-order valence-corrected chi connectivity index (χ2v) is 3.86. The summed E-state index contributed by atoms with van der Waals surface area (Å²) in [7, 11) is 1.70. The molecule has 0 aromatic heterocycles. The number of aryl methyl sites for hydroxylation is 1. The summed E-state index contributed by atoms with van der Waals surface area (Å²) in [5.74, 6) is -0.0545. The van der Waals surface area contributed by atoms with Crippen LogP contribution >= 0.6 is 11.6 Å². The average Bonchev–Trinajstić information content (AvgIpc) is 2.20. The maximum atomic E-state index is 11.7. The summed E-state index contributed by atoms with van der Waals surface area (Å²) in [4.78, 5) is 11.7.